The van der Waals surface area contributed by atoms with Crippen LogP contribution < -0.4 is 35.8 Å². The Hall–Kier alpha value is -7.99. The van der Waals surface area contributed by atoms with Crippen molar-refractivity contribution in [2.45, 2.75) is 89.1 Å². The van der Waals surface area contributed by atoms with Gasteiger partial charge >= 0.3 is 18.1 Å². The summed E-state index contributed by atoms with van der Waals surface area (Å²) in [4.78, 5) is 97.1. The Morgan fingerprint density at radius 3 is 2.55 bits per heavy atom. The number of piperazine rings is 1. The number of piperidine rings is 1. The number of nitrogens with one attached hydrogen (secondary N) is 4. The average molecular weight is 1130 g/mol. The summed E-state index contributed by atoms with van der Waals surface area (Å²) in [5.74, 6) is -0.796. The Balaban J connectivity index is 0.703. The Morgan fingerprint density at radius 1 is 0.912 bits per heavy atom. The Bertz CT molecular complexity index is 3310. The molecule has 5 aromatic rings. The van der Waals surface area contributed by atoms with Crippen LogP contribution in [0.15, 0.2) is 84.9 Å². The highest BCUT2D eigenvalue weighted by Crippen LogP contribution is 2.38. The predicted molar refractivity (Wildman–Crippen MR) is 301 cm³/mol. The second-order valence-electron chi connectivity index (χ2n) is 20.8. The zero-order chi connectivity index (χ0) is 56.0. The lowest BCUT2D eigenvalue weighted by Gasteiger charge is -2.42. The molecule has 10 rings (SSSR count). The second-order valence-corrected chi connectivity index (χ2v) is 21.6. The molecule has 5 aliphatic rings. The highest BCUT2D eigenvalue weighted by molar-refractivity contribution is 6.36. The molecule has 416 valence electrons. The fourth-order valence-electron chi connectivity index (χ4n) is 11.3. The minimum atomic E-state index is -0.737. The summed E-state index contributed by atoms with van der Waals surface area (Å²) in [6.07, 6.45) is 3.44. The number of carbonyl (C=O) groups excluding carboxylic acids is 6. The number of fused-ring (bicyclic) bond motifs is 3. The van der Waals surface area contributed by atoms with Crippen molar-refractivity contribution in [2.24, 2.45) is 0 Å². The van der Waals surface area contributed by atoms with E-state index in [1.54, 1.807) is 35.2 Å². The minimum Gasteiger partial charge on any atom is -0.462 e. The van der Waals surface area contributed by atoms with E-state index in [4.69, 9.17) is 42.6 Å². The molecular formula is C58H62Cl2N12O8. The molecule has 4 aromatic carbocycles. The van der Waals surface area contributed by atoms with Crippen LogP contribution in [0.3, 0.4) is 0 Å². The van der Waals surface area contributed by atoms with E-state index in [2.05, 4.69) is 73.9 Å². The van der Waals surface area contributed by atoms with Crippen molar-refractivity contribution in [2.75, 3.05) is 74.6 Å². The number of imide groups is 1. The Labute approximate surface area is 473 Å². The number of hydrogen-bond donors (Lipinski definition) is 4. The molecule has 7 amide bonds. The lowest BCUT2D eigenvalue weighted by molar-refractivity contribution is -0.137. The first-order valence-electron chi connectivity index (χ1n) is 27.0. The Kier molecular flexibility index (Phi) is 17.0. The number of likely N-dealkylation sites (tertiary alicyclic amines) is 1. The van der Waals surface area contributed by atoms with Crippen molar-refractivity contribution in [3.8, 4) is 12.1 Å². The van der Waals surface area contributed by atoms with Crippen molar-refractivity contribution < 1.29 is 38.2 Å². The van der Waals surface area contributed by atoms with Gasteiger partial charge in [-0.25, -0.2) is 9.59 Å². The van der Waals surface area contributed by atoms with Crippen molar-refractivity contribution in [3.05, 3.63) is 129 Å². The van der Waals surface area contributed by atoms with Gasteiger partial charge in [0.2, 0.25) is 11.8 Å². The molecule has 3 fully saturated rings. The zero-order valence-corrected chi connectivity index (χ0v) is 45.9. The van der Waals surface area contributed by atoms with E-state index in [0.717, 1.165) is 69.6 Å². The van der Waals surface area contributed by atoms with Gasteiger partial charge in [0.15, 0.2) is 0 Å². The number of hydrogen-bond acceptors (Lipinski definition) is 14. The van der Waals surface area contributed by atoms with Crippen LogP contribution in [0.4, 0.5) is 26.8 Å². The summed E-state index contributed by atoms with van der Waals surface area (Å²) in [7, 11) is 2.10. The Morgan fingerprint density at radius 2 is 1.75 bits per heavy atom. The highest BCUT2D eigenvalue weighted by atomic mass is 35.5. The number of amides is 7. The lowest BCUT2D eigenvalue weighted by Crippen LogP contribution is -2.56. The number of aromatic nitrogens is 2. The lowest BCUT2D eigenvalue weighted by atomic mass is 10.0. The van der Waals surface area contributed by atoms with Crippen molar-refractivity contribution >= 4 is 86.9 Å². The summed E-state index contributed by atoms with van der Waals surface area (Å²) >= 11 is 13.1. The first-order chi connectivity index (χ1) is 38.7. The molecule has 0 bridgehead atoms. The average Bonchev–Trinajstić information content (AvgIpc) is 4.04. The standard InChI is InChI=1S/C58H62Cl2N12O8/c1-35(33-80-58(78)62-22-5-9-37-14-15-40(59)28-46(37)64-56(77)63-29-36-13-16-43-39(27-36)30-72(55(43)76)49-17-18-50(73)66-53(49)74)54(75)71-26-25-70(31-41(71)19-21-61)52-44-20-24-69(48-12-4-8-38-7-3-11-45(60)51(38)48)32-47(44)65-57(67-52)79-34-42-10-6-23-68(42)2/h3-4,7-8,11-16,27-28,41-42,49H,1,5-6,9-10,17-20,22-26,29-34H2,2H3,(H,62,78)(H2,63,64,77)(H,66,73,74)/t41-,42-,49?/m0/s1. The zero-order valence-electron chi connectivity index (χ0n) is 44.4. The number of likely N-dealkylation sites (N-methyl/N-ethyl adjacent to an activating group) is 1. The van der Waals surface area contributed by atoms with E-state index in [0.29, 0.717) is 79.4 Å². The molecular weight excluding hydrogens is 1060 g/mol. The first-order valence-corrected chi connectivity index (χ1v) is 27.7. The first kappa shape index (κ1) is 55.3. The van der Waals surface area contributed by atoms with Gasteiger partial charge in [-0.05, 0) is 105 Å². The topological polar surface area (TPSA) is 235 Å². The molecule has 3 atom stereocenters. The molecule has 0 spiro atoms. The number of alkyl carbamates (subject to hydrolysis) is 1. The molecule has 22 heteroatoms. The third-order valence-electron chi connectivity index (χ3n) is 15.6. The van der Waals surface area contributed by atoms with Gasteiger partial charge in [0.1, 0.15) is 25.1 Å². The van der Waals surface area contributed by atoms with Crippen molar-refractivity contribution in [3.63, 3.8) is 0 Å². The monoisotopic (exact) mass is 1120 g/mol. The van der Waals surface area contributed by atoms with Gasteiger partial charge in [0.05, 0.1) is 35.8 Å². The van der Waals surface area contributed by atoms with Crippen LogP contribution in [-0.2, 0) is 51.6 Å². The normalized spacial score (nSPS) is 19.0. The molecule has 3 saturated heterocycles. The van der Waals surface area contributed by atoms with Crippen LogP contribution in [0.5, 0.6) is 6.01 Å². The van der Waals surface area contributed by atoms with E-state index in [1.165, 1.54) is 4.90 Å². The van der Waals surface area contributed by atoms with E-state index in [1.807, 2.05) is 24.3 Å². The van der Waals surface area contributed by atoms with Gasteiger partial charge in [0, 0.05) is 96.8 Å². The summed E-state index contributed by atoms with van der Waals surface area (Å²) in [6, 6.07) is 23.5. The van der Waals surface area contributed by atoms with Crippen LogP contribution in [0.25, 0.3) is 10.8 Å². The van der Waals surface area contributed by atoms with Gasteiger partial charge in [-0.2, -0.15) is 15.2 Å². The summed E-state index contributed by atoms with van der Waals surface area (Å²) in [6.45, 7) is 7.88. The molecule has 1 aromatic heterocycles. The number of anilines is 3. The highest BCUT2D eigenvalue weighted by Gasteiger charge is 2.40. The molecule has 1 unspecified atom stereocenters. The number of carbonyl (C=O) groups is 6. The maximum atomic E-state index is 14.0. The SMILES string of the molecule is C=C(COC(=O)NCCCc1ccc(Cl)cc1NC(=O)NCc1ccc2c(c1)CN(C1CCC(=O)NC1=O)C2=O)C(=O)N1CCN(c2nc(OC[C@@H]3CCCN3C)nc3c2CCN(c2cccc4cccc(Cl)c24)C3)C[C@@H]1CC#N. The van der Waals surface area contributed by atoms with Crippen LogP contribution in [0.1, 0.15) is 76.8 Å². The number of urea groups is 1. The van der Waals surface area contributed by atoms with Gasteiger partial charge in [-0.1, -0.05) is 72.2 Å². The summed E-state index contributed by atoms with van der Waals surface area (Å²) in [5.41, 5.74) is 6.13. The molecule has 4 N–H and O–H groups in total. The van der Waals surface area contributed by atoms with E-state index in [-0.39, 0.29) is 75.5 Å². The minimum absolute atomic E-state index is 0.0575. The maximum Gasteiger partial charge on any atom is 0.407 e. The molecule has 0 saturated carbocycles. The predicted octanol–water partition coefficient (Wildman–Crippen LogP) is 6.90. The van der Waals surface area contributed by atoms with Gasteiger partial charge in [0.25, 0.3) is 11.8 Å². The van der Waals surface area contributed by atoms with Crippen LogP contribution in [0.2, 0.25) is 10.0 Å². The number of nitrogens with zero attached hydrogens (tertiary/aromatic N) is 8. The van der Waals surface area contributed by atoms with Crippen molar-refractivity contribution in [1.29, 1.82) is 5.26 Å². The molecule has 0 radical (unpaired) electrons. The number of benzene rings is 4. The van der Waals surface area contributed by atoms with Gasteiger partial charge < -0.3 is 49.9 Å². The van der Waals surface area contributed by atoms with E-state index >= 15 is 0 Å². The van der Waals surface area contributed by atoms with Gasteiger partial charge in [-0.15, -0.1) is 0 Å². The van der Waals surface area contributed by atoms with Crippen LogP contribution in [0, 0.1) is 11.3 Å². The van der Waals surface area contributed by atoms with E-state index < -0.39 is 36.0 Å². The number of nitriles is 1. The van der Waals surface area contributed by atoms with Crippen LogP contribution in [-0.4, -0.2) is 138 Å². The molecule has 80 heavy (non-hydrogen) atoms. The smallest absolute Gasteiger partial charge is 0.407 e. The molecule has 5 aliphatic heterocycles. The largest absolute Gasteiger partial charge is 0.462 e. The molecule has 20 nitrogen and oxygen atoms in total. The third-order valence-corrected chi connectivity index (χ3v) is 16.1. The number of rotatable bonds is 17. The van der Waals surface area contributed by atoms with Crippen LogP contribution >= 0.6 is 23.2 Å². The second kappa shape index (κ2) is 24.6. The quantitative estimate of drug-likeness (QED) is 0.0421. The van der Waals surface area contributed by atoms with Crippen molar-refractivity contribution in [1.82, 2.24) is 40.6 Å². The van der Waals surface area contributed by atoms with Gasteiger partial charge in [-0.3, -0.25) is 24.5 Å². The van der Waals surface area contributed by atoms with E-state index in [9.17, 15) is 34.0 Å². The number of halogens is 2. The molecule has 6 heterocycles. The fourth-order valence-corrected chi connectivity index (χ4v) is 11.8. The molecule has 0 aliphatic carbocycles. The fraction of sp³-hybridized carbons (Fsp3) is 0.397. The number of ether oxygens (including phenoxy) is 2. The summed E-state index contributed by atoms with van der Waals surface area (Å²) < 4.78 is 11.8. The number of aryl methyl sites for hydroxylation is 1. The maximum absolute atomic E-state index is 14.0. The summed E-state index contributed by atoms with van der Waals surface area (Å²) in [5, 5.41) is 23.9. The third kappa shape index (κ3) is 12.4.